The molecule has 0 spiro atoms. The Kier molecular flexibility index (Phi) is 7.37. The van der Waals surface area contributed by atoms with Crippen molar-refractivity contribution in [3.63, 3.8) is 0 Å². The van der Waals surface area contributed by atoms with Crippen LogP contribution in [-0.2, 0) is 11.3 Å². The predicted molar refractivity (Wildman–Crippen MR) is 115 cm³/mol. The third-order valence-corrected chi connectivity index (χ3v) is 5.13. The second-order valence-corrected chi connectivity index (χ2v) is 9.29. The van der Waals surface area contributed by atoms with E-state index in [-0.39, 0.29) is 29.4 Å². The maximum Gasteiger partial charge on any atom is 0.446 e. The molecule has 2 aromatic rings. The molecule has 2 heterocycles. The largest absolute Gasteiger partial charge is 0.486 e. The van der Waals surface area contributed by atoms with E-state index in [1.165, 1.54) is 12.1 Å². The number of benzene rings is 1. The van der Waals surface area contributed by atoms with Crippen LogP contribution < -0.4 is 9.64 Å². The van der Waals surface area contributed by atoms with Gasteiger partial charge in [0.2, 0.25) is 5.95 Å². The van der Waals surface area contributed by atoms with Gasteiger partial charge in [-0.2, -0.15) is 13.2 Å². The number of hydrogen-bond acceptors (Lipinski definition) is 7. The molecule has 0 N–H and O–H groups in total. The van der Waals surface area contributed by atoms with Gasteiger partial charge in [-0.25, -0.2) is 14.8 Å². The maximum absolute atomic E-state index is 12.4. The highest BCUT2D eigenvalue weighted by Crippen LogP contribution is 2.36. The molecule has 1 aliphatic rings. The Morgan fingerprint density at radius 3 is 2.16 bits per heavy atom. The summed E-state index contributed by atoms with van der Waals surface area (Å²) >= 11 is -0.151. The standard InChI is InChI=1S/C21H25F3N4O3S/c1-20(2,3)31-19(29)28-10-8-27(9-11-28)18-25-12-16(13-26-18)30-14-15-4-6-17(7-5-15)32-21(22,23)24/h4-7,12-13H,8-11,14H2,1-3H3. The van der Waals surface area contributed by atoms with E-state index in [0.29, 0.717) is 37.9 Å². The second kappa shape index (κ2) is 9.85. The van der Waals surface area contributed by atoms with Crippen LogP contribution in [0.1, 0.15) is 26.3 Å². The zero-order valence-electron chi connectivity index (χ0n) is 18.1. The summed E-state index contributed by atoms with van der Waals surface area (Å²) in [5, 5.41) is 0. The van der Waals surface area contributed by atoms with E-state index in [0.717, 1.165) is 5.56 Å². The molecule has 0 atom stereocenters. The van der Waals surface area contributed by atoms with Gasteiger partial charge < -0.3 is 19.3 Å². The molecule has 0 aliphatic carbocycles. The van der Waals surface area contributed by atoms with Crippen molar-refractivity contribution >= 4 is 23.8 Å². The third-order valence-electron chi connectivity index (χ3n) is 4.39. The molecule has 32 heavy (non-hydrogen) atoms. The molecule has 1 fully saturated rings. The molecule has 1 aliphatic heterocycles. The molecular formula is C21H25F3N4O3S. The summed E-state index contributed by atoms with van der Waals surface area (Å²) in [6, 6.07) is 6.00. The highest BCUT2D eigenvalue weighted by molar-refractivity contribution is 8.00. The van der Waals surface area contributed by atoms with Gasteiger partial charge in [0.1, 0.15) is 12.2 Å². The van der Waals surface area contributed by atoms with Crippen LogP contribution in [0.4, 0.5) is 23.9 Å². The minimum absolute atomic E-state index is 0.126. The summed E-state index contributed by atoms with van der Waals surface area (Å²) in [5.74, 6) is 0.990. The van der Waals surface area contributed by atoms with Crippen molar-refractivity contribution in [3.05, 3.63) is 42.2 Å². The summed E-state index contributed by atoms with van der Waals surface area (Å²) in [4.78, 5) is 24.6. The Hall–Kier alpha value is -2.69. The molecule has 0 saturated carbocycles. The van der Waals surface area contributed by atoms with Crippen molar-refractivity contribution in [1.29, 1.82) is 0 Å². The number of amides is 1. The summed E-state index contributed by atoms with van der Waals surface area (Å²) < 4.78 is 48.2. The van der Waals surface area contributed by atoms with Crippen molar-refractivity contribution in [2.24, 2.45) is 0 Å². The van der Waals surface area contributed by atoms with Crippen LogP contribution in [0, 0.1) is 0 Å². The van der Waals surface area contributed by atoms with E-state index in [2.05, 4.69) is 9.97 Å². The molecule has 11 heteroatoms. The van der Waals surface area contributed by atoms with Crippen molar-refractivity contribution in [2.45, 2.75) is 43.4 Å². The van der Waals surface area contributed by atoms with Crippen LogP contribution in [0.5, 0.6) is 5.75 Å². The Balaban J connectivity index is 1.47. The summed E-state index contributed by atoms with van der Waals surface area (Å²) in [5.41, 5.74) is -4.10. The molecule has 174 valence electrons. The zero-order chi connectivity index (χ0) is 23.4. The van der Waals surface area contributed by atoms with Gasteiger partial charge in [-0.15, -0.1) is 0 Å². The first-order chi connectivity index (χ1) is 15.0. The van der Waals surface area contributed by atoms with E-state index in [1.54, 1.807) is 29.4 Å². The van der Waals surface area contributed by atoms with Crippen molar-refractivity contribution < 1.29 is 27.4 Å². The van der Waals surface area contributed by atoms with E-state index < -0.39 is 11.1 Å². The summed E-state index contributed by atoms with van der Waals surface area (Å²) in [6.45, 7) is 7.89. The molecular weight excluding hydrogens is 445 g/mol. The number of hydrogen-bond donors (Lipinski definition) is 0. The number of ether oxygens (including phenoxy) is 2. The Labute approximate surface area is 188 Å². The number of nitrogens with zero attached hydrogens (tertiary/aromatic N) is 4. The van der Waals surface area contributed by atoms with Crippen molar-refractivity contribution in [1.82, 2.24) is 14.9 Å². The lowest BCUT2D eigenvalue weighted by molar-refractivity contribution is -0.0328. The van der Waals surface area contributed by atoms with E-state index in [1.807, 2.05) is 25.7 Å². The number of aromatic nitrogens is 2. The van der Waals surface area contributed by atoms with E-state index in [4.69, 9.17) is 9.47 Å². The lowest BCUT2D eigenvalue weighted by atomic mass is 10.2. The van der Waals surface area contributed by atoms with E-state index >= 15 is 0 Å². The highest BCUT2D eigenvalue weighted by atomic mass is 32.2. The second-order valence-electron chi connectivity index (χ2n) is 8.15. The molecule has 0 radical (unpaired) electrons. The number of thioether (sulfide) groups is 1. The van der Waals surface area contributed by atoms with Crippen LogP contribution >= 0.6 is 11.8 Å². The van der Waals surface area contributed by atoms with Gasteiger partial charge in [-0.1, -0.05) is 12.1 Å². The van der Waals surface area contributed by atoms with Gasteiger partial charge in [-0.3, -0.25) is 0 Å². The summed E-state index contributed by atoms with van der Waals surface area (Å²) in [6.07, 6.45) is 2.78. The SMILES string of the molecule is CC(C)(C)OC(=O)N1CCN(c2ncc(OCc3ccc(SC(F)(F)F)cc3)cn2)CC1. The molecule has 0 unspecified atom stereocenters. The fourth-order valence-electron chi connectivity index (χ4n) is 2.92. The van der Waals surface area contributed by atoms with Crippen LogP contribution in [0.3, 0.4) is 0 Å². The summed E-state index contributed by atoms with van der Waals surface area (Å²) in [7, 11) is 0. The average molecular weight is 471 g/mol. The minimum atomic E-state index is -4.31. The average Bonchev–Trinajstić information content (AvgIpc) is 2.71. The zero-order valence-corrected chi connectivity index (χ0v) is 18.9. The third kappa shape index (κ3) is 7.47. The van der Waals surface area contributed by atoms with Crippen LogP contribution in [-0.4, -0.2) is 58.2 Å². The number of piperazine rings is 1. The Morgan fingerprint density at radius 2 is 1.62 bits per heavy atom. The van der Waals surface area contributed by atoms with Gasteiger partial charge >= 0.3 is 11.6 Å². The lowest BCUT2D eigenvalue weighted by Gasteiger charge is -2.35. The number of rotatable bonds is 5. The number of carbonyl (C=O) groups excluding carboxylic acids is 1. The Morgan fingerprint density at radius 1 is 1.03 bits per heavy atom. The first kappa shape index (κ1) is 24.0. The fraction of sp³-hybridized carbons (Fsp3) is 0.476. The molecule has 0 bridgehead atoms. The highest BCUT2D eigenvalue weighted by Gasteiger charge is 2.29. The van der Waals surface area contributed by atoms with Gasteiger partial charge in [-0.05, 0) is 50.2 Å². The quantitative estimate of drug-likeness (QED) is 0.586. The number of halogens is 3. The molecule has 1 aromatic heterocycles. The lowest BCUT2D eigenvalue weighted by Crippen LogP contribution is -2.50. The molecule has 1 aromatic carbocycles. The van der Waals surface area contributed by atoms with Crippen LogP contribution in [0.15, 0.2) is 41.6 Å². The number of anilines is 1. The minimum Gasteiger partial charge on any atom is -0.486 e. The number of carbonyl (C=O) groups is 1. The molecule has 1 saturated heterocycles. The molecule has 3 rings (SSSR count). The van der Waals surface area contributed by atoms with Crippen molar-refractivity contribution in [2.75, 3.05) is 31.1 Å². The number of alkyl halides is 3. The normalized spacial score (nSPS) is 14.9. The fourth-order valence-corrected chi connectivity index (χ4v) is 3.46. The molecule has 1 amide bonds. The van der Waals surface area contributed by atoms with Crippen LogP contribution in [0.2, 0.25) is 0 Å². The maximum atomic E-state index is 12.4. The predicted octanol–water partition coefficient (Wildman–Crippen LogP) is 4.72. The molecule has 7 nitrogen and oxygen atoms in total. The van der Waals surface area contributed by atoms with E-state index in [9.17, 15) is 18.0 Å². The van der Waals surface area contributed by atoms with Gasteiger partial charge in [0.25, 0.3) is 0 Å². The topological polar surface area (TPSA) is 67.8 Å². The smallest absolute Gasteiger partial charge is 0.446 e. The van der Waals surface area contributed by atoms with Gasteiger partial charge in [0, 0.05) is 31.1 Å². The van der Waals surface area contributed by atoms with Crippen LogP contribution in [0.25, 0.3) is 0 Å². The monoisotopic (exact) mass is 470 g/mol. The first-order valence-corrected chi connectivity index (χ1v) is 10.8. The first-order valence-electron chi connectivity index (χ1n) is 10.0. The van der Waals surface area contributed by atoms with Gasteiger partial charge in [0.15, 0.2) is 5.75 Å². The Bertz CT molecular complexity index is 894. The van der Waals surface area contributed by atoms with Gasteiger partial charge in [0.05, 0.1) is 12.4 Å². The van der Waals surface area contributed by atoms with Crippen molar-refractivity contribution in [3.8, 4) is 5.75 Å².